The zero-order valence-electron chi connectivity index (χ0n) is 13.3. The molecule has 122 valence electrons. The van der Waals surface area contributed by atoms with Crippen LogP contribution in [0.15, 0.2) is 29.0 Å². The lowest BCUT2D eigenvalue weighted by molar-refractivity contribution is -0.131. The van der Waals surface area contributed by atoms with E-state index in [0.29, 0.717) is 24.6 Å². The molecule has 3 rings (SSSR count). The first-order valence-corrected chi connectivity index (χ1v) is 8.34. The third-order valence-corrected chi connectivity index (χ3v) is 4.17. The van der Waals surface area contributed by atoms with Crippen molar-refractivity contribution in [2.75, 3.05) is 13.1 Å². The molecule has 0 aliphatic carbocycles. The molecule has 0 spiro atoms. The van der Waals surface area contributed by atoms with Crippen molar-refractivity contribution in [3.63, 3.8) is 0 Å². The molecule has 0 radical (unpaired) electrons. The standard InChI is InChI=1S/C17H22N4O2/c22-16(21-12-4-2-1-3-5-13-21)7-6-15-19-17(20-23-15)14-8-10-18-11-9-14/h8-11H,1-7,12-13H2. The van der Waals surface area contributed by atoms with Crippen LogP contribution in [-0.4, -0.2) is 39.0 Å². The van der Waals surface area contributed by atoms with E-state index in [-0.39, 0.29) is 5.91 Å². The van der Waals surface area contributed by atoms with Crippen LogP contribution in [0.3, 0.4) is 0 Å². The van der Waals surface area contributed by atoms with Crippen LogP contribution in [-0.2, 0) is 11.2 Å². The van der Waals surface area contributed by atoms with Crippen LogP contribution in [0.25, 0.3) is 11.4 Å². The maximum atomic E-state index is 12.3. The number of amides is 1. The fraction of sp³-hybridized carbons (Fsp3) is 0.529. The molecule has 23 heavy (non-hydrogen) atoms. The zero-order valence-corrected chi connectivity index (χ0v) is 13.3. The average molecular weight is 314 g/mol. The third-order valence-electron chi connectivity index (χ3n) is 4.17. The van der Waals surface area contributed by atoms with Crippen molar-refractivity contribution in [1.82, 2.24) is 20.0 Å². The summed E-state index contributed by atoms with van der Waals surface area (Å²) >= 11 is 0. The average Bonchev–Trinajstić information content (AvgIpc) is 3.02. The van der Waals surface area contributed by atoms with Crippen LogP contribution in [0.4, 0.5) is 0 Å². The van der Waals surface area contributed by atoms with E-state index in [1.165, 1.54) is 19.3 Å². The molecule has 1 saturated heterocycles. The fourth-order valence-electron chi connectivity index (χ4n) is 2.84. The van der Waals surface area contributed by atoms with Crippen molar-refractivity contribution in [2.45, 2.75) is 44.9 Å². The Kier molecular flexibility index (Phi) is 5.34. The fourth-order valence-corrected chi connectivity index (χ4v) is 2.84. The van der Waals surface area contributed by atoms with Gasteiger partial charge in [0, 0.05) is 43.9 Å². The molecule has 0 unspecified atom stereocenters. The Hall–Kier alpha value is -2.24. The van der Waals surface area contributed by atoms with E-state index in [4.69, 9.17) is 4.52 Å². The maximum absolute atomic E-state index is 12.3. The maximum Gasteiger partial charge on any atom is 0.227 e. The van der Waals surface area contributed by atoms with Crippen LogP contribution >= 0.6 is 0 Å². The summed E-state index contributed by atoms with van der Waals surface area (Å²) in [5.41, 5.74) is 0.866. The van der Waals surface area contributed by atoms with E-state index in [1.807, 2.05) is 17.0 Å². The highest BCUT2D eigenvalue weighted by molar-refractivity contribution is 5.76. The molecule has 0 saturated carbocycles. The van der Waals surface area contributed by atoms with Gasteiger partial charge >= 0.3 is 0 Å². The quantitative estimate of drug-likeness (QED) is 0.867. The van der Waals surface area contributed by atoms with E-state index in [9.17, 15) is 4.79 Å². The van der Waals surface area contributed by atoms with Gasteiger partial charge in [-0.2, -0.15) is 4.98 Å². The zero-order chi connectivity index (χ0) is 15.9. The van der Waals surface area contributed by atoms with Gasteiger partial charge in [-0.15, -0.1) is 0 Å². The molecule has 6 heteroatoms. The summed E-state index contributed by atoms with van der Waals surface area (Å²) < 4.78 is 5.25. The lowest BCUT2D eigenvalue weighted by Gasteiger charge is -2.24. The summed E-state index contributed by atoms with van der Waals surface area (Å²) in [5, 5.41) is 3.97. The summed E-state index contributed by atoms with van der Waals surface area (Å²) in [6.07, 6.45) is 10.3. The number of carbonyl (C=O) groups excluding carboxylic acids is 1. The predicted octanol–water partition coefficient (Wildman–Crippen LogP) is 2.86. The van der Waals surface area contributed by atoms with Crippen LogP contribution in [0.2, 0.25) is 0 Å². The number of aryl methyl sites for hydroxylation is 1. The van der Waals surface area contributed by atoms with Crippen LogP contribution in [0.1, 0.15) is 44.4 Å². The summed E-state index contributed by atoms with van der Waals surface area (Å²) in [6, 6.07) is 3.67. The molecule has 0 aromatic carbocycles. The van der Waals surface area contributed by atoms with Gasteiger partial charge in [0.15, 0.2) is 0 Å². The van der Waals surface area contributed by atoms with Crippen molar-refractivity contribution >= 4 is 5.91 Å². The van der Waals surface area contributed by atoms with Gasteiger partial charge in [0.2, 0.25) is 17.6 Å². The van der Waals surface area contributed by atoms with Gasteiger partial charge in [-0.3, -0.25) is 9.78 Å². The number of hydrogen-bond acceptors (Lipinski definition) is 5. The Morgan fingerprint density at radius 2 is 1.78 bits per heavy atom. The largest absolute Gasteiger partial charge is 0.343 e. The predicted molar refractivity (Wildman–Crippen MR) is 85.5 cm³/mol. The molecular formula is C17H22N4O2. The lowest BCUT2D eigenvalue weighted by Crippen LogP contribution is -2.33. The lowest BCUT2D eigenvalue weighted by atomic mass is 10.1. The first kappa shape index (κ1) is 15.6. The van der Waals surface area contributed by atoms with Crippen molar-refractivity contribution in [3.05, 3.63) is 30.4 Å². The Morgan fingerprint density at radius 3 is 2.52 bits per heavy atom. The highest BCUT2D eigenvalue weighted by atomic mass is 16.5. The molecule has 3 heterocycles. The molecule has 0 N–H and O–H groups in total. The van der Waals surface area contributed by atoms with E-state index < -0.39 is 0 Å². The van der Waals surface area contributed by atoms with Gasteiger partial charge in [0.1, 0.15) is 0 Å². The van der Waals surface area contributed by atoms with E-state index in [0.717, 1.165) is 31.5 Å². The molecule has 0 atom stereocenters. The summed E-state index contributed by atoms with van der Waals surface area (Å²) in [7, 11) is 0. The molecule has 0 bridgehead atoms. The van der Waals surface area contributed by atoms with Gasteiger partial charge in [-0.05, 0) is 25.0 Å². The van der Waals surface area contributed by atoms with Crippen molar-refractivity contribution < 1.29 is 9.32 Å². The number of hydrogen-bond donors (Lipinski definition) is 0. The number of pyridine rings is 1. The molecule has 1 fully saturated rings. The minimum Gasteiger partial charge on any atom is -0.343 e. The first-order chi connectivity index (χ1) is 11.3. The topological polar surface area (TPSA) is 72.1 Å². The highest BCUT2D eigenvalue weighted by Crippen LogP contribution is 2.16. The van der Waals surface area contributed by atoms with E-state index >= 15 is 0 Å². The minimum atomic E-state index is 0.190. The normalized spacial score (nSPS) is 15.9. The Morgan fingerprint density at radius 1 is 1.09 bits per heavy atom. The second-order valence-electron chi connectivity index (χ2n) is 5.90. The van der Waals surface area contributed by atoms with E-state index in [1.54, 1.807) is 12.4 Å². The minimum absolute atomic E-state index is 0.190. The van der Waals surface area contributed by atoms with Crippen molar-refractivity contribution in [1.29, 1.82) is 0 Å². The highest BCUT2D eigenvalue weighted by Gasteiger charge is 2.16. The summed E-state index contributed by atoms with van der Waals surface area (Å²) in [5.74, 6) is 1.24. The SMILES string of the molecule is O=C(CCc1nc(-c2ccncc2)no1)N1CCCCCCC1. The molecule has 1 amide bonds. The number of rotatable bonds is 4. The Labute approximate surface area is 135 Å². The molecule has 6 nitrogen and oxygen atoms in total. The van der Waals surface area contributed by atoms with Crippen LogP contribution < -0.4 is 0 Å². The second-order valence-corrected chi connectivity index (χ2v) is 5.90. The monoisotopic (exact) mass is 314 g/mol. The number of aromatic nitrogens is 3. The smallest absolute Gasteiger partial charge is 0.227 e. The third kappa shape index (κ3) is 4.37. The van der Waals surface area contributed by atoms with Gasteiger partial charge in [0.05, 0.1) is 0 Å². The summed E-state index contributed by atoms with van der Waals surface area (Å²) in [6.45, 7) is 1.76. The molecular weight excluding hydrogens is 292 g/mol. The number of nitrogens with zero attached hydrogens (tertiary/aromatic N) is 4. The van der Waals surface area contributed by atoms with Crippen molar-refractivity contribution in [3.8, 4) is 11.4 Å². The van der Waals surface area contributed by atoms with Crippen LogP contribution in [0.5, 0.6) is 0 Å². The summed E-state index contributed by atoms with van der Waals surface area (Å²) in [4.78, 5) is 22.6. The molecule has 2 aromatic rings. The van der Waals surface area contributed by atoms with Gasteiger partial charge < -0.3 is 9.42 Å². The number of carbonyl (C=O) groups is 1. The Bertz CT molecular complexity index is 619. The van der Waals surface area contributed by atoms with Crippen LogP contribution in [0, 0.1) is 0 Å². The van der Waals surface area contributed by atoms with Gasteiger partial charge in [-0.1, -0.05) is 24.4 Å². The van der Waals surface area contributed by atoms with Crippen molar-refractivity contribution in [2.24, 2.45) is 0 Å². The number of likely N-dealkylation sites (tertiary alicyclic amines) is 1. The molecule has 1 aliphatic rings. The van der Waals surface area contributed by atoms with E-state index in [2.05, 4.69) is 15.1 Å². The Balaban J connectivity index is 1.53. The van der Waals surface area contributed by atoms with Gasteiger partial charge in [-0.25, -0.2) is 0 Å². The van der Waals surface area contributed by atoms with Gasteiger partial charge in [0.25, 0.3) is 0 Å². The first-order valence-electron chi connectivity index (χ1n) is 8.34. The second kappa shape index (κ2) is 7.85. The molecule has 2 aromatic heterocycles. The molecule has 1 aliphatic heterocycles.